The highest BCUT2D eigenvalue weighted by Gasteiger charge is 2.27. The molecule has 0 radical (unpaired) electrons. The molecule has 1 saturated heterocycles. The molecule has 0 unspecified atom stereocenters. The SMILES string of the molecule is CCOC(=O)C1CCN(C(=O)NCCCOC)CC1. The minimum Gasteiger partial charge on any atom is -0.466 e. The molecule has 0 aromatic rings. The average Bonchev–Trinajstić information content (AvgIpc) is 2.44. The molecule has 1 rings (SSSR count). The van der Waals surface area contributed by atoms with E-state index in [4.69, 9.17) is 9.47 Å². The zero-order valence-corrected chi connectivity index (χ0v) is 11.8. The lowest BCUT2D eigenvalue weighted by atomic mass is 9.97. The molecule has 1 fully saturated rings. The Bertz CT molecular complexity index is 288. The number of carbonyl (C=O) groups excluding carboxylic acids is 2. The predicted octanol–water partition coefficient (Wildman–Crippen LogP) is 1.01. The quantitative estimate of drug-likeness (QED) is 0.579. The molecule has 0 saturated carbocycles. The van der Waals surface area contributed by atoms with Crippen molar-refractivity contribution in [3.63, 3.8) is 0 Å². The van der Waals surface area contributed by atoms with E-state index in [1.165, 1.54) is 0 Å². The Hall–Kier alpha value is -1.30. The van der Waals surface area contributed by atoms with Gasteiger partial charge < -0.3 is 19.7 Å². The summed E-state index contributed by atoms with van der Waals surface area (Å²) in [5.74, 6) is -0.194. The number of ether oxygens (including phenoxy) is 2. The van der Waals surface area contributed by atoms with Gasteiger partial charge in [0.15, 0.2) is 0 Å². The number of likely N-dealkylation sites (tertiary alicyclic amines) is 1. The number of rotatable bonds is 6. The monoisotopic (exact) mass is 272 g/mol. The van der Waals surface area contributed by atoms with Crippen molar-refractivity contribution in [3.8, 4) is 0 Å². The van der Waals surface area contributed by atoms with Crippen molar-refractivity contribution in [1.82, 2.24) is 10.2 Å². The largest absolute Gasteiger partial charge is 0.466 e. The van der Waals surface area contributed by atoms with Gasteiger partial charge in [0.05, 0.1) is 12.5 Å². The summed E-state index contributed by atoms with van der Waals surface area (Å²) >= 11 is 0. The number of urea groups is 1. The first-order valence-electron chi connectivity index (χ1n) is 6.87. The van der Waals surface area contributed by atoms with Crippen LogP contribution in [0.25, 0.3) is 0 Å². The van der Waals surface area contributed by atoms with Gasteiger partial charge in [-0.25, -0.2) is 4.79 Å². The van der Waals surface area contributed by atoms with Gasteiger partial charge in [0.25, 0.3) is 0 Å². The zero-order valence-electron chi connectivity index (χ0n) is 11.8. The summed E-state index contributed by atoms with van der Waals surface area (Å²) in [6.07, 6.45) is 2.18. The number of hydrogen-bond acceptors (Lipinski definition) is 4. The second kappa shape index (κ2) is 8.74. The second-order valence-corrected chi connectivity index (χ2v) is 4.59. The van der Waals surface area contributed by atoms with Crippen LogP contribution in [0.1, 0.15) is 26.2 Å². The van der Waals surface area contributed by atoms with E-state index in [0.717, 1.165) is 6.42 Å². The average molecular weight is 272 g/mol. The summed E-state index contributed by atoms with van der Waals surface area (Å²) in [5.41, 5.74) is 0. The molecule has 0 aromatic carbocycles. The van der Waals surface area contributed by atoms with E-state index < -0.39 is 0 Å². The lowest BCUT2D eigenvalue weighted by Crippen LogP contribution is -2.46. The third kappa shape index (κ3) is 5.46. The highest BCUT2D eigenvalue weighted by Crippen LogP contribution is 2.18. The van der Waals surface area contributed by atoms with Crippen molar-refractivity contribution in [2.24, 2.45) is 5.92 Å². The highest BCUT2D eigenvalue weighted by molar-refractivity contribution is 5.75. The Morgan fingerprint density at radius 2 is 2.00 bits per heavy atom. The summed E-state index contributed by atoms with van der Waals surface area (Å²) in [4.78, 5) is 25.1. The molecule has 19 heavy (non-hydrogen) atoms. The number of hydrogen-bond donors (Lipinski definition) is 1. The fourth-order valence-corrected chi connectivity index (χ4v) is 2.10. The summed E-state index contributed by atoms with van der Waals surface area (Å²) in [6.45, 7) is 4.70. The lowest BCUT2D eigenvalue weighted by molar-refractivity contribution is -0.149. The van der Waals surface area contributed by atoms with Gasteiger partial charge >= 0.3 is 12.0 Å². The molecule has 1 aliphatic heterocycles. The Labute approximate surface area is 114 Å². The third-order valence-electron chi connectivity index (χ3n) is 3.20. The Morgan fingerprint density at radius 3 is 2.58 bits per heavy atom. The van der Waals surface area contributed by atoms with Gasteiger partial charge in [-0.05, 0) is 26.2 Å². The van der Waals surface area contributed by atoms with Crippen molar-refractivity contribution in [3.05, 3.63) is 0 Å². The maximum absolute atomic E-state index is 11.8. The molecule has 0 aromatic heterocycles. The summed E-state index contributed by atoms with van der Waals surface area (Å²) in [7, 11) is 1.64. The smallest absolute Gasteiger partial charge is 0.317 e. The van der Waals surface area contributed by atoms with E-state index >= 15 is 0 Å². The zero-order chi connectivity index (χ0) is 14.1. The summed E-state index contributed by atoms with van der Waals surface area (Å²) in [6, 6.07) is -0.0570. The van der Waals surface area contributed by atoms with Gasteiger partial charge in [-0.2, -0.15) is 0 Å². The molecule has 6 nitrogen and oxygen atoms in total. The highest BCUT2D eigenvalue weighted by atomic mass is 16.5. The number of amides is 2. The van der Waals surface area contributed by atoms with Gasteiger partial charge in [-0.1, -0.05) is 0 Å². The fourth-order valence-electron chi connectivity index (χ4n) is 2.10. The fraction of sp³-hybridized carbons (Fsp3) is 0.846. The summed E-state index contributed by atoms with van der Waals surface area (Å²) in [5, 5.41) is 2.85. The van der Waals surface area contributed by atoms with Crippen LogP contribution in [0.15, 0.2) is 0 Å². The van der Waals surface area contributed by atoms with E-state index in [9.17, 15) is 9.59 Å². The van der Waals surface area contributed by atoms with Gasteiger partial charge in [-0.3, -0.25) is 4.79 Å². The molecular weight excluding hydrogens is 248 g/mol. The number of nitrogens with one attached hydrogen (secondary N) is 1. The standard InChI is InChI=1S/C13H24N2O4/c1-3-19-12(16)11-5-8-15(9-6-11)13(17)14-7-4-10-18-2/h11H,3-10H2,1-2H3,(H,14,17). The molecule has 0 spiro atoms. The number of carbonyl (C=O) groups is 2. The Morgan fingerprint density at radius 1 is 1.32 bits per heavy atom. The minimum atomic E-state index is -0.136. The van der Waals surface area contributed by atoms with E-state index in [1.54, 1.807) is 18.9 Å². The first-order chi connectivity index (χ1) is 9.19. The number of nitrogens with zero attached hydrogens (tertiary/aromatic N) is 1. The van der Waals surface area contributed by atoms with Gasteiger partial charge in [0.1, 0.15) is 0 Å². The van der Waals surface area contributed by atoms with Crippen LogP contribution in [0.3, 0.4) is 0 Å². The van der Waals surface area contributed by atoms with Gasteiger partial charge in [0, 0.05) is 33.4 Å². The van der Waals surface area contributed by atoms with Crippen LogP contribution in [-0.4, -0.2) is 56.9 Å². The van der Waals surface area contributed by atoms with Crippen molar-refractivity contribution in [2.45, 2.75) is 26.2 Å². The van der Waals surface area contributed by atoms with Crippen molar-refractivity contribution in [2.75, 3.05) is 40.0 Å². The van der Waals surface area contributed by atoms with E-state index in [2.05, 4.69) is 5.32 Å². The van der Waals surface area contributed by atoms with Crippen molar-refractivity contribution < 1.29 is 19.1 Å². The molecule has 6 heteroatoms. The normalized spacial score (nSPS) is 16.2. The predicted molar refractivity (Wildman–Crippen MR) is 70.8 cm³/mol. The lowest BCUT2D eigenvalue weighted by Gasteiger charge is -2.30. The van der Waals surface area contributed by atoms with Crippen LogP contribution in [0.2, 0.25) is 0 Å². The van der Waals surface area contributed by atoms with Crippen molar-refractivity contribution in [1.29, 1.82) is 0 Å². The first kappa shape index (κ1) is 15.8. The molecule has 0 aliphatic carbocycles. The van der Waals surface area contributed by atoms with Gasteiger partial charge in [0.2, 0.25) is 0 Å². The van der Waals surface area contributed by atoms with Crippen LogP contribution >= 0.6 is 0 Å². The molecule has 1 N–H and O–H groups in total. The molecular formula is C13H24N2O4. The Kier molecular flexibility index (Phi) is 7.25. The minimum absolute atomic E-state index is 0.0570. The van der Waals surface area contributed by atoms with Crippen molar-refractivity contribution >= 4 is 12.0 Å². The molecule has 2 amide bonds. The number of methoxy groups -OCH3 is 1. The molecule has 1 heterocycles. The number of piperidine rings is 1. The molecule has 0 bridgehead atoms. The van der Waals surface area contributed by atoms with Crippen LogP contribution in [0, 0.1) is 5.92 Å². The maximum atomic E-state index is 11.8. The van der Waals surface area contributed by atoms with Crippen LogP contribution in [-0.2, 0) is 14.3 Å². The van der Waals surface area contributed by atoms with Crippen LogP contribution < -0.4 is 5.32 Å². The molecule has 110 valence electrons. The van der Waals surface area contributed by atoms with E-state index in [-0.39, 0.29) is 17.9 Å². The topological polar surface area (TPSA) is 67.9 Å². The molecule has 0 atom stereocenters. The Balaban J connectivity index is 2.21. The number of esters is 1. The van der Waals surface area contributed by atoms with Gasteiger partial charge in [-0.15, -0.1) is 0 Å². The first-order valence-corrected chi connectivity index (χ1v) is 6.87. The third-order valence-corrected chi connectivity index (χ3v) is 3.20. The maximum Gasteiger partial charge on any atom is 0.317 e. The van der Waals surface area contributed by atoms with E-state index in [1.807, 2.05) is 0 Å². The van der Waals surface area contributed by atoms with Crippen LogP contribution in [0.4, 0.5) is 4.79 Å². The van der Waals surface area contributed by atoms with Crippen LogP contribution in [0.5, 0.6) is 0 Å². The van der Waals surface area contributed by atoms with E-state index in [0.29, 0.717) is 45.7 Å². The second-order valence-electron chi connectivity index (χ2n) is 4.59. The summed E-state index contributed by atoms with van der Waals surface area (Å²) < 4.78 is 9.91. The molecule has 1 aliphatic rings.